The lowest BCUT2D eigenvalue weighted by atomic mass is 9.97. The quantitative estimate of drug-likeness (QED) is 0.729. The molecule has 0 saturated carbocycles. The maximum absolute atomic E-state index is 11.3. The van der Waals surface area contributed by atoms with Crippen molar-refractivity contribution in [2.45, 2.75) is 19.8 Å². The van der Waals surface area contributed by atoms with Gasteiger partial charge in [-0.3, -0.25) is 4.79 Å². The highest BCUT2D eigenvalue weighted by molar-refractivity contribution is 5.90. The molecule has 148 valence electrons. The molecular weight excluding hydrogens is 360 g/mol. The van der Waals surface area contributed by atoms with E-state index in [1.54, 1.807) is 10.7 Å². The van der Waals surface area contributed by atoms with Gasteiger partial charge in [-0.15, -0.1) is 0 Å². The Morgan fingerprint density at radius 3 is 2.28 bits per heavy atom. The summed E-state index contributed by atoms with van der Waals surface area (Å²) < 4.78 is 1.74. The number of primary amides is 1. The predicted molar refractivity (Wildman–Crippen MR) is 116 cm³/mol. The molecular formula is C24H26N4O. The lowest BCUT2D eigenvalue weighted by Gasteiger charge is -2.22. The number of nitrogens with two attached hydrogens (primary N) is 1. The Morgan fingerprint density at radius 1 is 1.07 bits per heavy atom. The van der Waals surface area contributed by atoms with Crippen LogP contribution in [0.3, 0.4) is 0 Å². The van der Waals surface area contributed by atoms with Crippen molar-refractivity contribution in [1.29, 1.82) is 0 Å². The molecule has 1 amide bonds. The van der Waals surface area contributed by atoms with Crippen LogP contribution >= 0.6 is 0 Å². The number of rotatable bonds is 5. The third-order valence-electron chi connectivity index (χ3n) is 5.47. The van der Waals surface area contributed by atoms with Crippen LogP contribution in [-0.2, 0) is 6.42 Å². The fourth-order valence-electron chi connectivity index (χ4n) is 3.72. The van der Waals surface area contributed by atoms with E-state index in [0.717, 1.165) is 37.3 Å². The molecule has 0 fully saturated rings. The molecule has 0 aliphatic carbocycles. The Balaban J connectivity index is 1.46. The van der Waals surface area contributed by atoms with E-state index in [1.807, 2.05) is 19.1 Å². The van der Waals surface area contributed by atoms with E-state index < -0.39 is 5.91 Å². The predicted octanol–water partition coefficient (Wildman–Crippen LogP) is 3.59. The first-order chi connectivity index (χ1) is 14.0. The fourth-order valence-corrected chi connectivity index (χ4v) is 3.72. The SMILES string of the molecule is Cc1cc(C(N)=O)nn1-c1ccc(Cc2ccc(C3=CCN(C)CC3)cc2)cc1. The Hall–Kier alpha value is -3.18. The lowest BCUT2D eigenvalue weighted by Crippen LogP contribution is -2.23. The number of likely N-dealkylation sites (N-methyl/N-ethyl adjacent to an activating group) is 1. The maximum Gasteiger partial charge on any atom is 0.269 e. The third-order valence-corrected chi connectivity index (χ3v) is 5.47. The molecule has 2 heterocycles. The zero-order chi connectivity index (χ0) is 20.4. The Morgan fingerprint density at radius 2 is 1.72 bits per heavy atom. The summed E-state index contributed by atoms with van der Waals surface area (Å²) in [5.41, 5.74) is 12.7. The molecule has 2 N–H and O–H groups in total. The molecule has 3 aromatic rings. The summed E-state index contributed by atoms with van der Waals surface area (Å²) in [6.07, 6.45) is 4.33. The second kappa shape index (κ2) is 8.05. The van der Waals surface area contributed by atoms with Gasteiger partial charge in [-0.2, -0.15) is 5.10 Å². The van der Waals surface area contributed by atoms with Crippen LogP contribution in [0.4, 0.5) is 0 Å². The Bertz CT molecular complexity index is 1050. The van der Waals surface area contributed by atoms with Crippen LogP contribution in [0.1, 0.15) is 39.3 Å². The van der Waals surface area contributed by atoms with Gasteiger partial charge in [0.1, 0.15) is 0 Å². The molecule has 0 bridgehead atoms. The van der Waals surface area contributed by atoms with Crippen molar-refractivity contribution in [2.75, 3.05) is 20.1 Å². The summed E-state index contributed by atoms with van der Waals surface area (Å²) in [4.78, 5) is 13.7. The summed E-state index contributed by atoms with van der Waals surface area (Å²) >= 11 is 0. The van der Waals surface area contributed by atoms with E-state index in [2.05, 4.69) is 59.5 Å². The molecule has 0 saturated heterocycles. The van der Waals surface area contributed by atoms with Gasteiger partial charge in [0.2, 0.25) is 0 Å². The first-order valence-corrected chi connectivity index (χ1v) is 9.92. The normalized spacial score (nSPS) is 14.6. The van der Waals surface area contributed by atoms with E-state index >= 15 is 0 Å². The minimum Gasteiger partial charge on any atom is -0.364 e. The lowest BCUT2D eigenvalue weighted by molar-refractivity contribution is 0.0995. The van der Waals surface area contributed by atoms with Gasteiger partial charge in [-0.05, 0) is 67.3 Å². The zero-order valence-corrected chi connectivity index (χ0v) is 16.9. The summed E-state index contributed by atoms with van der Waals surface area (Å²) in [6, 6.07) is 18.9. The molecule has 2 aromatic carbocycles. The highest BCUT2D eigenvalue weighted by atomic mass is 16.1. The molecule has 29 heavy (non-hydrogen) atoms. The minimum absolute atomic E-state index is 0.284. The van der Waals surface area contributed by atoms with Crippen LogP contribution in [0.2, 0.25) is 0 Å². The largest absolute Gasteiger partial charge is 0.364 e. The number of carbonyl (C=O) groups is 1. The minimum atomic E-state index is -0.511. The van der Waals surface area contributed by atoms with Gasteiger partial charge in [0, 0.05) is 18.8 Å². The van der Waals surface area contributed by atoms with Crippen LogP contribution in [0, 0.1) is 6.92 Å². The van der Waals surface area contributed by atoms with Crippen molar-refractivity contribution in [3.8, 4) is 5.69 Å². The van der Waals surface area contributed by atoms with Crippen molar-refractivity contribution in [3.05, 3.63) is 88.8 Å². The number of hydrogen-bond acceptors (Lipinski definition) is 3. The Labute approximate surface area is 171 Å². The van der Waals surface area contributed by atoms with Gasteiger partial charge in [0.05, 0.1) is 5.69 Å². The van der Waals surface area contributed by atoms with E-state index in [9.17, 15) is 4.79 Å². The average Bonchev–Trinajstić information content (AvgIpc) is 3.12. The summed E-state index contributed by atoms with van der Waals surface area (Å²) in [7, 11) is 2.16. The average molecular weight is 386 g/mol. The molecule has 1 aliphatic rings. The van der Waals surface area contributed by atoms with Gasteiger partial charge in [0.25, 0.3) is 5.91 Å². The summed E-state index contributed by atoms with van der Waals surface area (Å²) in [5, 5.41) is 4.29. The van der Waals surface area contributed by atoms with Crippen LogP contribution < -0.4 is 5.73 Å². The number of aryl methyl sites for hydroxylation is 1. The molecule has 1 aliphatic heterocycles. The molecule has 4 rings (SSSR count). The number of carbonyl (C=O) groups excluding carboxylic acids is 1. The highest BCUT2D eigenvalue weighted by Gasteiger charge is 2.11. The summed E-state index contributed by atoms with van der Waals surface area (Å²) in [5.74, 6) is -0.511. The van der Waals surface area contributed by atoms with E-state index in [0.29, 0.717) is 0 Å². The van der Waals surface area contributed by atoms with Gasteiger partial charge in [-0.25, -0.2) is 4.68 Å². The standard InChI is InChI=1S/C24H26N4O/c1-17-15-23(24(25)29)26-28(17)22-9-5-19(6-10-22)16-18-3-7-20(8-4-18)21-11-13-27(2)14-12-21/h3-11,15H,12-14,16H2,1-2H3,(H2,25,29). The van der Waals surface area contributed by atoms with Crippen molar-refractivity contribution < 1.29 is 4.79 Å². The Kier molecular flexibility index (Phi) is 5.32. The third kappa shape index (κ3) is 4.30. The van der Waals surface area contributed by atoms with E-state index in [-0.39, 0.29) is 5.69 Å². The van der Waals surface area contributed by atoms with Gasteiger partial charge >= 0.3 is 0 Å². The van der Waals surface area contributed by atoms with Gasteiger partial charge in [0.15, 0.2) is 5.69 Å². The van der Waals surface area contributed by atoms with Crippen molar-refractivity contribution in [2.24, 2.45) is 5.73 Å². The van der Waals surface area contributed by atoms with Crippen molar-refractivity contribution >= 4 is 11.5 Å². The van der Waals surface area contributed by atoms with Crippen molar-refractivity contribution in [3.63, 3.8) is 0 Å². The molecule has 0 atom stereocenters. The molecule has 0 unspecified atom stereocenters. The molecule has 1 aromatic heterocycles. The van der Waals surface area contributed by atoms with Crippen LogP contribution in [0.5, 0.6) is 0 Å². The second-order valence-corrected chi connectivity index (χ2v) is 7.73. The van der Waals surface area contributed by atoms with E-state index in [1.165, 1.54) is 22.3 Å². The highest BCUT2D eigenvalue weighted by Crippen LogP contribution is 2.23. The maximum atomic E-state index is 11.3. The van der Waals surface area contributed by atoms with Gasteiger partial charge < -0.3 is 10.6 Å². The van der Waals surface area contributed by atoms with Crippen LogP contribution in [0.15, 0.2) is 60.7 Å². The molecule has 5 nitrogen and oxygen atoms in total. The fraction of sp³-hybridized carbons (Fsp3) is 0.250. The van der Waals surface area contributed by atoms with Gasteiger partial charge in [-0.1, -0.05) is 42.5 Å². The van der Waals surface area contributed by atoms with E-state index in [4.69, 9.17) is 5.73 Å². The second-order valence-electron chi connectivity index (χ2n) is 7.73. The zero-order valence-electron chi connectivity index (χ0n) is 16.9. The smallest absolute Gasteiger partial charge is 0.269 e. The monoisotopic (exact) mass is 386 g/mol. The topological polar surface area (TPSA) is 64.2 Å². The number of aromatic nitrogens is 2. The molecule has 0 radical (unpaired) electrons. The number of benzene rings is 2. The first-order valence-electron chi connectivity index (χ1n) is 9.92. The van der Waals surface area contributed by atoms with Crippen molar-refractivity contribution in [1.82, 2.24) is 14.7 Å². The molecule has 0 spiro atoms. The number of hydrogen-bond donors (Lipinski definition) is 1. The first kappa shape index (κ1) is 19.2. The molecule has 5 heteroatoms. The van der Waals surface area contributed by atoms with Crippen LogP contribution in [0.25, 0.3) is 11.3 Å². The number of amides is 1. The van der Waals surface area contributed by atoms with Crippen LogP contribution in [-0.4, -0.2) is 40.7 Å². The summed E-state index contributed by atoms with van der Waals surface area (Å²) in [6.45, 7) is 4.06. The number of nitrogens with zero attached hydrogens (tertiary/aromatic N) is 3.